The Hall–Kier alpha value is -2.52. The van der Waals surface area contributed by atoms with E-state index in [2.05, 4.69) is 23.2 Å². The van der Waals surface area contributed by atoms with Gasteiger partial charge < -0.3 is 0 Å². The lowest BCUT2D eigenvalue weighted by molar-refractivity contribution is 0.312. The molecule has 0 aromatic carbocycles. The molecule has 1 saturated heterocycles. The highest BCUT2D eigenvalue weighted by atomic mass is 32.2. The van der Waals surface area contributed by atoms with Crippen molar-refractivity contribution in [2.75, 3.05) is 13.1 Å². The van der Waals surface area contributed by atoms with Gasteiger partial charge >= 0.3 is 0 Å². The molecular formula is C22H30N6O2S. The quantitative estimate of drug-likeness (QED) is 0.585. The fourth-order valence-corrected chi connectivity index (χ4v) is 5.97. The standard InChI is InChI=1S/C22H30N6O2S/c1-5-8-27-15-22(17(3)25-27)31(29,30)28-9-6-7-18(14-28)21-11-19(10-16(2)24-21)20-12-23-26(4)13-20/h10-13,15,18H,5-9,14H2,1-4H3. The van der Waals surface area contributed by atoms with Crippen LogP contribution in [0.1, 0.15) is 49.2 Å². The third-order valence-corrected chi connectivity index (χ3v) is 7.75. The number of hydrogen-bond acceptors (Lipinski definition) is 5. The second-order valence-electron chi connectivity index (χ2n) is 8.37. The summed E-state index contributed by atoms with van der Waals surface area (Å²) in [7, 11) is -1.70. The van der Waals surface area contributed by atoms with Gasteiger partial charge in [-0.3, -0.25) is 14.3 Å². The van der Waals surface area contributed by atoms with Crippen LogP contribution in [0.2, 0.25) is 0 Å². The first-order valence-corrected chi connectivity index (χ1v) is 12.2. The van der Waals surface area contributed by atoms with Crippen LogP contribution >= 0.6 is 0 Å². The van der Waals surface area contributed by atoms with Crippen LogP contribution in [0.25, 0.3) is 11.1 Å². The molecule has 1 fully saturated rings. The Labute approximate surface area is 184 Å². The van der Waals surface area contributed by atoms with E-state index in [4.69, 9.17) is 4.98 Å². The highest BCUT2D eigenvalue weighted by Crippen LogP contribution is 2.32. The summed E-state index contributed by atoms with van der Waals surface area (Å²) >= 11 is 0. The summed E-state index contributed by atoms with van der Waals surface area (Å²) in [5.74, 6) is 0.0600. The summed E-state index contributed by atoms with van der Waals surface area (Å²) in [5.41, 5.74) is 4.52. The average molecular weight is 443 g/mol. The Balaban J connectivity index is 1.61. The van der Waals surface area contributed by atoms with Crippen LogP contribution in [-0.2, 0) is 23.6 Å². The SMILES string of the molecule is CCCn1cc(S(=O)(=O)N2CCCC(c3cc(-c4cnn(C)c4)cc(C)n3)C2)c(C)n1. The van der Waals surface area contributed by atoms with Gasteiger partial charge in [0, 0.05) is 61.9 Å². The fourth-order valence-electron chi connectivity index (χ4n) is 4.28. The highest BCUT2D eigenvalue weighted by Gasteiger charge is 2.33. The molecule has 0 amide bonds. The summed E-state index contributed by atoms with van der Waals surface area (Å²) in [5, 5.41) is 8.65. The minimum absolute atomic E-state index is 0.0600. The van der Waals surface area contributed by atoms with E-state index in [1.54, 1.807) is 26.8 Å². The van der Waals surface area contributed by atoms with E-state index < -0.39 is 10.0 Å². The van der Waals surface area contributed by atoms with E-state index in [0.29, 0.717) is 30.2 Å². The zero-order chi connectivity index (χ0) is 22.2. The third kappa shape index (κ3) is 4.43. The second kappa shape index (κ2) is 8.55. The first kappa shape index (κ1) is 21.7. The summed E-state index contributed by atoms with van der Waals surface area (Å²) in [6.07, 6.45) is 8.13. The molecule has 0 radical (unpaired) electrons. The minimum atomic E-state index is -3.59. The Morgan fingerprint density at radius 1 is 1.16 bits per heavy atom. The Morgan fingerprint density at radius 3 is 2.68 bits per heavy atom. The number of hydrogen-bond donors (Lipinski definition) is 0. The second-order valence-corrected chi connectivity index (χ2v) is 10.3. The van der Waals surface area contributed by atoms with Crippen LogP contribution in [0.3, 0.4) is 0 Å². The zero-order valence-corrected chi connectivity index (χ0v) is 19.4. The van der Waals surface area contributed by atoms with Gasteiger partial charge in [-0.2, -0.15) is 14.5 Å². The highest BCUT2D eigenvalue weighted by molar-refractivity contribution is 7.89. The van der Waals surface area contributed by atoms with Gasteiger partial charge in [-0.05, 0) is 50.8 Å². The van der Waals surface area contributed by atoms with E-state index >= 15 is 0 Å². The number of rotatable bonds is 6. The molecule has 1 aliphatic rings. The Kier molecular flexibility index (Phi) is 5.98. The average Bonchev–Trinajstić information content (AvgIpc) is 3.34. The van der Waals surface area contributed by atoms with Crippen molar-refractivity contribution in [3.05, 3.63) is 47.8 Å². The number of sulfonamides is 1. The lowest BCUT2D eigenvalue weighted by Crippen LogP contribution is -2.39. The summed E-state index contributed by atoms with van der Waals surface area (Å²) in [4.78, 5) is 5.07. The lowest BCUT2D eigenvalue weighted by atomic mass is 9.93. The molecule has 1 atom stereocenters. The summed E-state index contributed by atoms with van der Waals surface area (Å²) in [6.45, 7) is 7.47. The van der Waals surface area contributed by atoms with Crippen LogP contribution in [0.15, 0.2) is 35.6 Å². The molecule has 1 aliphatic heterocycles. The lowest BCUT2D eigenvalue weighted by Gasteiger charge is -2.31. The molecule has 3 aromatic rings. The van der Waals surface area contributed by atoms with Crippen molar-refractivity contribution in [2.45, 2.75) is 57.4 Å². The number of aryl methyl sites for hydroxylation is 4. The molecule has 1 unspecified atom stereocenters. The predicted molar refractivity (Wildman–Crippen MR) is 119 cm³/mol. The predicted octanol–water partition coefficient (Wildman–Crippen LogP) is 3.27. The van der Waals surface area contributed by atoms with Crippen LogP contribution in [-0.4, -0.2) is 50.4 Å². The van der Waals surface area contributed by atoms with E-state index in [-0.39, 0.29) is 5.92 Å². The normalized spacial score (nSPS) is 17.9. The van der Waals surface area contributed by atoms with Crippen LogP contribution in [0.5, 0.6) is 0 Å². The van der Waals surface area contributed by atoms with Crippen molar-refractivity contribution in [2.24, 2.45) is 7.05 Å². The molecule has 9 heteroatoms. The number of piperidine rings is 1. The zero-order valence-electron chi connectivity index (χ0n) is 18.6. The molecule has 8 nitrogen and oxygen atoms in total. The van der Waals surface area contributed by atoms with Gasteiger partial charge in [-0.15, -0.1) is 0 Å². The van der Waals surface area contributed by atoms with Gasteiger partial charge in [0.05, 0.1) is 11.9 Å². The molecule has 3 aromatic heterocycles. The van der Waals surface area contributed by atoms with E-state index in [1.807, 2.05) is 32.4 Å². The topological polar surface area (TPSA) is 85.9 Å². The summed E-state index contributed by atoms with van der Waals surface area (Å²) < 4.78 is 31.9. The molecule has 0 bridgehead atoms. The fraction of sp³-hybridized carbons (Fsp3) is 0.500. The molecule has 0 aliphatic carbocycles. The maximum Gasteiger partial charge on any atom is 0.246 e. The summed E-state index contributed by atoms with van der Waals surface area (Å²) in [6, 6.07) is 4.12. The van der Waals surface area contributed by atoms with Gasteiger partial charge in [0.2, 0.25) is 10.0 Å². The first-order chi connectivity index (χ1) is 14.8. The van der Waals surface area contributed by atoms with Crippen molar-refractivity contribution in [1.29, 1.82) is 0 Å². The monoisotopic (exact) mass is 442 g/mol. The molecule has 0 spiro atoms. The number of nitrogens with zero attached hydrogens (tertiary/aromatic N) is 6. The minimum Gasteiger partial charge on any atom is -0.275 e. The smallest absolute Gasteiger partial charge is 0.246 e. The Morgan fingerprint density at radius 2 is 1.97 bits per heavy atom. The van der Waals surface area contributed by atoms with Gasteiger partial charge in [-0.25, -0.2) is 8.42 Å². The number of aromatic nitrogens is 5. The van der Waals surface area contributed by atoms with E-state index in [0.717, 1.165) is 41.8 Å². The van der Waals surface area contributed by atoms with Crippen molar-refractivity contribution in [1.82, 2.24) is 28.9 Å². The van der Waals surface area contributed by atoms with Gasteiger partial charge in [0.1, 0.15) is 4.90 Å². The third-order valence-electron chi connectivity index (χ3n) is 5.79. The van der Waals surface area contributed by atoms with Crippen molar-refractivity contribution < 1.29 is 8.42 Å². The maximum atomic E-state index is 13.4. The van der Waals surface area contributed by atoms with Gasteiger partial charge in [0.25, 0.3) is 0 Å². The van der Waals surface area contributed by atoms with Crippen molar-refractivity contribution in [3.63, 3.8) is 0 Å². The molecule has 0 N–H and O–H groups in total. The first-order valence-electron chi connectivity index (χ1n) is 10.8. The van der Waals surface area contributed by atoms with Crippen LogP contribution in [0.4, 0.5) is 0 Å². The molecule has 4 heterocycles. The van der Waals surface area contributed by atoms with Crippen molar-refractivity contribution >= 4 is 10.0 Å². The molecule has 31 heavy (non-hydrogen) atoms. The maximum absolute atomic E-state index is 13.4. The van der Waals surface area contributed by atoms with Crippen LogP contribution in [0, 0.1) is 13.8 Å². The number of pyridine rings is 1. The van der Waals surface area contributed by atoms with Crippen molar-refractivity contribution in [3.8, 4) is 11.1 Å². The molecule has 166 valence electrons. The molecular weight excluding hydrogens is 412 g/mol. The molecule has 0 saturated carbocycles. The Bertz CT molecular complexity index is 1180. The van der Waals surface area contributed by atoms with Crippen LogP contribution < -0.4 is 0 Å². The largest absolute Gasteiger partial charge is 0.275 e. The van der Waals surface area contributed by atoms with E-state index in [9.17, 15) is 8.42 Å². The van der Waals surface area contributed by atoms with E-state index in [1.165, 1.54) is 0 Å². The van der Waals surface area contributed by atoms with Gasteiger partial charge in [0.15, 0.2) is 0 Å². The molecule has 4 rings (SSSR count). The van der Waals surface area contributed by atoms with Gasteiger partial charge in [-0.1, -0.05) is 6.92 Å².